The van der Waals surface area contributed by atoms with E-state index in [1.165, 1.54) is 4.81 Å². The Morgan fingerprint density at radius 1 is 0.958 bits per heavy atom. The van der Waals surface area contributed by atoms with Crippen LogP contribution in [0.2, 0.25) is 0 Å². The van der Waals surface area contributed by atoms with E-state index in [1.54, 1.807) is 63.2 Å². The highest BCUT2D eigenvalue weighted by molar-refractivity contribution is 7.04. The Labute approximate surface area is 140 Å². The normalized spacial score (nSPS) is 21.3. The topological polar surface area (TPSA) is 55.8 Å². The first kappa shape index (κ1) is 14.8. The van der Waals surface area contributed by atoms with Crippen molar-refractivity contribution in [3.8, 4) is 11.5 Å². The first-order chi connectivity index (χ1) is 11.3. The second kappa shape index (κ2) is 4.63. The lowest BCUT2D eigenvalue weighted by Crippen LogP contribution is -2.72. The fraction of sp³-hybridized carbons (Fsp3) is 0.222. The summed E-state index contributed by atoms with van der Waals surface area (Å²) < 4.78 is 12.1. The largest absolute Gasteiger partial charge is 0.659 e. The smallest absolute Gasteiger partial charge is 0.529 e. The Hall–Kier alpha value is -2.76. The van der Waals surface area contributed by atoms with Gasteiger partial charge in [0, 0.05) is 5.69 Å². The molecule has 0 spiro atoms. The van der Waals surface area contributed by atoms with Crippen molar-refractivity contribution in [3.63, 3.8) is 0 Å². The van der Waals surface area contributed by atoms with Crippen molar-refractivity contribution in [1.82, 2.24) is 0 Å². The van der Waals surface area contributed by atoms with E-state index in [9.17, 15) is 9.59 Å². The molecule has 0 aliphatic carbocycles. The zero-order valence-corrected chi connectivity index (χ0v) is 13.8. The molecule has 0 saturated heterocycles. The van der Waals surface area contributed by atoms with Crippen molar-refractivity contribution in [1.29, 1.82) is 0 Å². The molecule has 0 N–H and O–H groups in total. The Kier molecular flexibility index (Phi) is 2.86. The third-order valence-corrected chi connectivity index (χ3v) is 4.44. The van der Waals surface area contributed by atoms with Crippen LogP contribution in [0.3, 0.4) is 0 Å². The summed E-state index contributed by atoms with van der Waals surface area (Å²) in [4.78, 5) is 27.8. The van der Waals surface area contributed by atoms with Gasteiger partial charge >= 0.3 is 6.69 Å². The van der Waals surface area contributed by atoms with Crippen molar-refractivity contribution >= 4 is 24.0 Å². The third kappa shape index (κ3) is 1.83. The summed E-state index contributed by atoms with van der Waals surface area (Å²) in [6, 6.07) is 14.1. The minimum atomic E-state index is -2.64. The van der Waals surface area contributed by atoms with E-state index in [1.807, 2.05) is 6.07 Å². The molecule has 0 bridgehead atoms. The van der Waals surface area contributed by atoms with Gasteiger partial charge in [-0.25, -0.2) is 0 Å². The lowest BCUT2D eigenvalue weighted by molar-refractivity contribution is -0.121. The van der Waals surface area contributed by atoms with Gasteiger partial charge in [-0.2, -0.15) is 0 Å². The Morgan fingerprint density at radius 3 is 2.25 bits per heavy atom. The lowest BCUT2D eigenvalue weighted by Gasteiger charge is -2.49. The van der Waals surface area contributed by atoms with Crippen molar-refractivity contribution in [2.75, 3.05) is 4.81 Å². The minimum absolute atomic E-state index is 0.249. The van der Waals surface area contributed by atoms with Crippen LogP contribution in [0.25, 0.3) is 0 Å². The van der Waals surface area contributed by atoms with Crippen LogP contribution in [0, 0.1) is 5.41 Å². The number of anilines is 1. The highest BCUT2D eigenvalue weighted by atomic mass is 16.6. The standard InChI is InChI=1S/C18H17BNO4/c1-18(2,3)17(22)19-20(13-9-5-7-11-15(13)24-19)16(21)12-8-4-6-10-14(12)23-19/h4-11H,1-3H3/q-1. The number of amides is 1. The molecule has 122 valence electrons. The van der Waals surface area contributed by atoms with Gasteiger partial charge in [-0.3, -0.25) is 4.79 Å². The molecule has 2 aromatic carbocycles. The van der Waals surface area contributed by atoms with Gasteiger partial charge in [0.15, 0.2) is 0 Å². The molecule has 1 atom stereocenters. The SMILES string of the molecule is CC(C)(C)C(=O)[B-]12Oc3ccccc3C(=O)N1c1ccccc1O2. The summed E-state index contributed by atoms with van der Waals surface area (Å²) in [5.41, 5.74) is 0.0144. The molecule has 5 nitrogen and oxygen atoms in total. The quantitative estimate of drug-likeness (QED) is 0.757. The summed E-state index contributed by atoms with van der Waals surface area (Å²) in [7, 11) is 0. The van der Waals surface area contributed by atoms with Crippen molar-refractivity contribution in [2.45, 2.75) is 20.8 Å². The van der Waals surface area contributed by atoms with Crippen LogP contribution in [0.4, 0.5) is 5.69 Å². The maximum atomic E-state index is 13.2. The van der Waals surface area contributed by atoms with E-state index in [0.717, 1.165) is 0 Å². The first-order valence-electron chi connectivity index (χ1n) is 7.94. The molecule has 2 aliphatic rings. The third-order valence-electron chi connectivity index (χ3n) is 4.44. The van der Waals surface area contributed by atoms with Crippen molar-refractivity contribution < 1.29 is 18.9 Å². The van der Waals surface area contributed by atoms with E-state index < -0.39 is 12.1 Å². The summed E-state index contributed by atoms with van der Waals surface area (Å²) in [5.74, 6) is 0.583. The summed E-state index contributed by atoms with van der Waals surface area (Å²) >= 11 is 0. The zero-order chi connectivity index (χ0) is 17.1. The maximum Gasteiger partial charge on any atom is 0.529 e. The maximum absolute atomic E-state index is 13.2. The molecular formula is C18H17BNO4-. The number of rotatable bonds is 1. The fourth-order valence-electron chi connectivity index (χ4n) is 3.32. The molecule has 0 fully saturated rings. The molecule has 0 radical (unpaired) electrons. The number of hydrogen-bond acceptors (Lipinski definition) is 4. The number of nitrogens with zero attached hydrogens (tertiary/aromatic N) is 1. The van der Waals surface area contributed by atoms with E-state index in [4.69, 9.17) is 9.31 Å². The molecule has 2 aromatic rings. The molecule has 1 unspecified atom stereocenters. The van der Waals surface area contributed by atoms with Crippen LogP contribution in [0.5, 0.6) is 11.5 Å². The minimum Gasteiger partial charge on any atom is -0.659 e. The van der Waals surface area contributed by atoms with Crippen LogP contribution in [0.1, 0.15) is 31.1 Å². The van der Waals surface area contributed by atoms with Gasteiger partial charge in [-0.1, -0.05) is 45.0 Å². The van der Waals surface area contributed by atoms with Gasteiger partial charge in [-0.05, 0) is 29.7 Å². The number of fused-ring (bicyclic) bond motifs is 4. The summed E-state index contributed by atoms with van der Waals surface area (Å²) in [6.07, 6.45) is 0. The molecule has 24 heavy (non-hydrogen) atoms. The second-order valence-corrected chi connectivity index (χ2v) is 7.16. The molecule has 2 aliphatic heterocycles. The number of carbonyl (C=O) groups excluding carboxylic acids is 2. The highest BCUT2D eigenvalue weighted by Crippen LogP contribution is 2.47. The average Bonchev–Trinajstić information content (AvgIpc) is 2.88. The number of hydrogen-bond donors (Lipinski definition) is 0. The molecule has 6 heteroatoms. The average molecular weight is 322 g/mol. The van der Waals surface area contributed by atoms with E-state index in [-0.39, 0.29) is 11.6 Å². The van der Waals surface area contributed by atoms with Crippen LogP contribution in [-0.4, -0.2) is 18.3 Å². The number of carbonyl (C=O) groups is 2. The summed E-state index contributed by atoms with van der Waals surface area (Å²) in [5, 5.41) is 0. The van der Waals surface area contributed by atoms with Gasteiger partial charge in [-0.15, -0.1) is 0 Å². The summed E-state index contributed by atoms with van der Waals surface area (Å²) in [6.45, 7) is 2.75. The van der Waals surface area contributed by atoms with Crippen molar-refractivity contribution in [2.24, 2.45) is 5.41 Å². The van der Waals surface area contributed by atoms with E-state index in [0.29, 0.717) is 22.7 Å². The van der Waals surface area contributed by atoms with Gasteiger partial charge in [0.05, 0.1) is 22.7 Å². The number of para-hydroxylation sites is 3. The molecule has 1 amide bonds. The predicted molar refractivity (Wildman–Crippen MR) is 91.2 cm³/mol. The monoisotopic (exact) mass is 322 g/mol. The van der Waals surface area contributed by atoms with Crippen LogP contribution in [0.15, 0.2) is 48.5 Å². The second-order valence-electron chi connectivity index (χ2n) is 7.16. The lowest BCUT2D eigenvalue weighted by atomic mass is 9.55. The zero-order valence-electron chi connectivity index (χ0n) is 13.8. The highest BCUT2D eigenvalue weighted by Gasteiger charge is 2.58. The van der Waals surface area contributed by atoms with Gasteiger partial charge in [0.1, 0.15) is 0 Å². The Balaban J connectivity index is 1.97. The first-order valence-corrected chi connectivity index (χ1v) is 7.94. The fourth-order valence-corrected chi connectivity index (χ4v) is 3.32. The van der Waals surface area contributed by atoms with E-state index in [2.05, 4.69) is 0 Å². The van der Waals surface area contributed by atoms with Crippen LogP contribution in [-0.2, 0) is 4.79 Å². The molecule has 2 heterocycles. The number of benzene rings is 2. The van der Waals surface area contributed by atoms with Crippen LogP contribution >= 0.6 is 0 Å². The van der Waals surface area contributed by atoms with Gasteiger partial charge < -0.3 is 18.9 Å². The van der Waals surface area contributed by atoms with E-state index >= 15 is 0 Å². The molecule has 0 aromatic heterocycles. The Morgan fingerprint density at radius 2 is 1.54 bits per heavy atom. The van der Waals surface area contributed by atoms with Crippen LogP contribution < -0.4 is 14.1 Å². The molecular weight excluding hydrogens is 305 g/mol. The molecule has 4 rings (SSSR count). The predicted octanol–water partition coefficient (Wildman–Crippen LogP) is 3.21. The van der Waals surface area contributed by atoms with Gasteiger partial charge in [0.25, 0.3) is 0 Å². The van der Waals surface area contributed by atoms with Gasteiger partial charge in [0.2, 0.25) is 5.91 Å². The van der Waals surface area contributed by atoms with Crippen molar-refractivity contribution in [3.05, 3.63) is 54.1 Å². The molecule has 0 saturated carbocycles. The Bertz CT molecular complexity index is 873.